The number of morpholine rings is 1. The number of para-hydroxylation sites is 1. The van der Waals surface area contributed by atoms with Crippen LogP contribution in [-0.2, 0) is 14.3 Å². The minimum Gasteiger partial charge on any atom is -0.496 e. The van der Waals surface area contributed by atoms with Crippen molar-refractivity contribution in [1.29, 1.82) is 0 Å². The standard InChI is InChI=1S/C18H24N2O6/c1-11(2)15(17(22)20-8-9-26-14(10-20)18(23)24)19-16(21)12-6-4-5-7-13(12)25-3/h4-7,11,14-15H,8-10H2,1-3H3,(H,19,21)(H,23,24). The molecule has 0 saturated carbocycles. The minimum atomic E-state index is -1.11. The van der Waals surface area contributed by atoms with Crippen molar-refractivity contribution in [2.45, 2.75) is 26.0 Å². The van der Waals surface area contributed by atoms with E-state index in [1.165, 1.54) is 12.0 Å². The van der Waals surface area contributed by atoms with Crippen LogP contribution >= 0.6 is 0 Å². The number of rotatable bonds is 6. The Kier molecular flexibility index (Phi) is 6.57. The lowest BCUT2D eigenvalue weighted by molar-refractivity contribution is -0.160. The number of methoxy groups -OCH3 is 1. The van der Waals surface area contributed by atoms with Crippen LogP contribution in [0.5, 0.6) is 5.75 Å². The fourth-order valence-corrected chi connectivity index (χ4v) is 2.76. The summed E-state index contributed by atoms with van der Waals surface area (Å²) < 4.78 is 10.3. The van der Waals surface area contributed by atoms with E-state index >= 15 is 0 Å². The van der Waals surface area contributed by atoms with Gasteiger partial charge in [0.05, 0.1) is 25.8 Å². The summed E-state index contributed by atoms with van der Waals surface area (Å²) in [6.45, 7) is 4.03. The molecular weight excluding hydrogens is 340 g/mol. The molecule has 1 aliphatic rings. The summed E-state index contributed by atoms with van der Waals surface area (Å²) in [7, 11) is 1.47. The molecule has 8 nitrogen and oxygen atoms in total. The van der Waals surface area contributed by atoms with Gasteiger partial charge in [-0.05, 0) is 18.1 Å². The lowest BCUT2D eigenvalue weighted by atomic mass is 10.0. The largest absolute Gasteiger partial charge is 0.496 e. The van der Waals surface area contributed by atoms with Gasteiger partial charge in [-0.15, -0.1) is 0 Å². The van der Waals surface area contributed by atoms with Gasteiger partial charge < -0.3 is 24.8 Å². The van der Waals surface area contributed by atoms with Crippen LogP contribution in [0.1, 0.15) is 24.2 Å². The van der Waals surface area contributed by atoms with E-state index in [1.54, 1.807) is 24.3 Å². The molecule has 26 heavy (non-hydrogen) atoms. The first-order valence-electron chi connectivity index (χ1n) is 8.42. The van der Waals surface area contributed by atoms with Crippen molar-refractivity contribution in [3.63, 3.8) is 0 Å². The molecule has 1 aliphatic heterocycles. The molecule has 0 radical (unpaired) electrons. The number of carbonyl (C=O) groups excluding carboxylic acids is 2. The summed E-state index contributed by atoms with van der Waals surface area (Å²) in [5, 5.41) is 11.8. The maximum absolute atomic E-state index is 12.9. The average Bonchev–Trinajstić information content (AvgIpc) is 2.65. The van der Waals surface area contributed by atoms with Crippen molar-refractivity contribution in [3.8, 4) is 5.75 Å². The maximum atomic E-state index is 12.9. The highest BCUT2D eigenvalue weighted by atomic mass is 16.5. The van der Waals surface area contributed by atoms with E-state index in [0.717, 1.165) is 0 Å². The Balaban J connectivity index is 2.14. The SMILES string of the molecule is COc1ccccc1C(=O)NC(C(=O)N1CCOC(C(=O)O)C1)C(C)C. The van der Waals surface area contributed by atoms with Crippen LogP contribution in [0.4, 0.5) is 0 Å². The Labute approximate surface area is 152 Å². The zero-order valence-electron chi connectivity index (χ0n) is 15.1. The van der Waals surface area contributed by atoms with E-state index in [-0.39, 0.29) is 31.5 Å². The quantitative estimate of drug-likeness (QED) is 0.772. The van der Waals surface area contributed by atoms with Gasteiger partial charge in [0.15, 0.2) is 6.10 Å². The number of carbonyl (C=O) groups is 3. The van der Waals surface area contributed by atoms with E-state index in [9.17, 15) is 14.4 Å². The van der Waals surface area contributed by atoms with Crippen LogP contribution in [0.25, 0.3) is 0 Å². The number of carboxylic acids is 1. The third-order valence-electron chi connectivity index (χ3n) is 4.22. The lowest BCUT2D eigenvalue weighted by Crippen LogP contribution is -2.56. The van der Waals surface area contributed by atoms with Crippen LogP contribution in [0.2, 0.25) is 0 Å². The first-order chi connectivity index (χ1) is 12.3. The van der Waals surface area contributed by atoms with Crippen molar-refractivity contribution >= 4 is 17.8 Å². The molecule has 1 saturated heterocycles. The second-order valence-electron chi connectivity index (χ2n) is 6.38. The van der Waals surface area contributed by atoms with E-state index in [2.05, 4.69) is 5.32 Å². The minimum absolute atomic E-state index is 0.0398. The molecule has 142 valence electrons. The number of ether oxygens (including phenoxy) is 2. The summed E-state index contributed by atoms with van der Waals surface area (Å²) in [4.78, 5) is 38.0. The smallest absolute Gasteiger partial charge is 0.334 e. The molecule has 0 aliphatic carbocycles. The third-order valence-corrected chi connectivity index (χ3v) is 4.22. The molecule has 2 unspecified atom stereocenters. The summed E-state index contributed by atoms with van der Waals surface area (Å²) in [5.41, 5.74) is 0.332. The maximum Gasteiger partial charge on any atom is 0.334 e. The summed E-state index contributed by atoms with van der Waals surface area (Å²) >= 11 is 0. The van der Waals surface area contributed by atoms with Crippen LogP contribution in [0, 0.1) is 5.92 Å². The molecule has 1 heterocycles. The lowest BCUT2D eigenvalue weighted by Gasteiger charge is -2.34. The van der Waals surface area contributed by atoms with Gasteiger partial charge in [-0.1, -0.05) is 26.0 Å². The number of hydrogen-bond donors (Lipinski definition) is 2. The average molecular weight is 364 g/mol. The molecular formula is C18H24N2O6. The van der Waals surface area contributed by atoms with Crippen molar-refractivity contribution in [2.75, 3.05) is 26.8 Å². The van der Waals surface area contributed by atoms with Crippen LogP contribution in [0.15, 0.2) is 24.3 Å². The summed E-state index contributed by atoms with van der Waals surface area (Å²) in [6.07, 6.45) is -1.05. The summed E-state index contributed by atoms with van der Waals surface area (Å²) in [6, 6.07) is 5.97. The number of amides is 2. The van der Waals surface area contributed by atoms with Gasteiger partial charge in [-0.25, -0.2) is 4.79 Å². The molecule has 0 bridgehead atoms. The third kappa shape index (κ3) is 4.51. The zero-order chi connectivity index (χ0) is 19.3. The Bertz CT molecular complexity index is 675. The highest BCUT2D eigenvalue weighted by molar-refractivity contribution is 5.99. The molecule has 1 aromatic rings. The molecule has 0 aromatic heterocycles. The molecule has 2 atom stereocenters. The number of nitrogens with zero attached hydrogens (tertiary/aromatic N) is 1. The van der Waals surface area contributed by atoms with Crippen molar-refractivity contribution in [1.82, 2.24) is 10.2 Å². The molecule has 2 amide bonds. The number of hydrogen-bond acceptors (Lipinski definition) is 5. The fourth-order valence-electron chi connectivity index (χ4n) is 2.76. The van der Waals surface area contributed by atoms with E-state index in [1.807, 2.05) is 13.8 Å². The predicted molar refractivity (Wildman–Crippen MR) is 93.0 cm³/mol. The van der Waals surface area contributed by atoms with E-state index in [4.69, 9.17) is 14.6 Å². The van der Waals surface area contributed by atoms with Crippen LogP contribution in [-0.4, -0.2) is 66.7 Å². The van der Waals surface area contributed by atoms with Crippen LogP contribution in [0.3, 0.4) is 0 Å². The first-order valence-corrected chi connectivity index (χ1v) is 8.42. The van der Waals surface area contributed by atoms with Gasteiger partial charge in [-0.3, -0.25) is 9.59 Å². The van der Waals surface area contributed by atoms with Gasteiger partial charge in [0.1, 0.15) is 11.8 Å². The van der Waals surface area contributed by atoms with Gasteiger partial charge in [0.2, 0.25) is 5.91 Å². The Morgan fingerprint density at radius 1 is 1.31 bits per heavy atom. The predicted octanol–water partition coefficient (Wildman–Crippen LogP) is 0.762. The summed E-state index contributed by atoms with van der Waals surface area (Å²) in [5.74, 6) is -1.61. The molecule has 2 rings (SSSR count). The van der Waals surface area contributed by atoms with Crippen molar-refractivity contribution < 1.29 is 29.0 Å². The van der Waals surface area contributed by atoms with Gasteiger partial charge in [-0.2, -0.15) is 0 Å². The highest BCUT2D eigenvalue weighted by Crippen LogP contribution is 2.18. The van der Waals surface area contributed by atoms with Gasteiger partial charge in [0.25, 0.3) is 5.91 Å². The van der Waals surface area contributed by atoms with Gasteiger partial charge >= 0.3 is 5.97 Å². The van der Waals surface area contributed by atoms with Crippen LogP contribution < -0.4 is 10.1 Å². The molecule has 0 spiro atoms. The Hall–Kier alpha value is -2.61. The van der Waals surface area contributed by atoms with E-state index < -0.39 is 24.0 Å². The zero-order valence-corrected chi connectivity index (χ0v) is 15.1. The highest BCUT2D eigenvalue weighted by Gasteiger charge is 2.34. The first kappa shape index (κ1) is 19.7. The van der Waals surface area contributed by atoms with Gasteiger partial charge in [0, 0.05) is 6.54 Å². The Morgan fingerprint density at radius 3 is 2.62 bits per heavy atom. The second-order valence-corrected chi connectivity index (χ2v) is 6.38. The molecule has 1 aromatic carbocycles. The topological polar surface area (TPSA) is 105 Å². The van der Waals surface area contributed by atoms with Crippen molar-refractivity contribution in [2.24, 2.45) is 5.92 Å². The number of nitrogens with one attached hydrogen (secondary N) is 1. The van der Waals surface area contributed by atoms with E-state index in [0.29, 0.717) is 11.3 Å². The normalized spacial score (nSPS) is 18.3. The number of aliphatic carboxylic acids is 1. The Morgan fingerprint density at radius 2 is 2.00 bits per heavy atom. The molecule has 8 heteroatoms. The monoisotopic (exact) mass is 364 g/mol. The fraction of sp³-hybridized carbons (Fsp3) is 0.500. The van der Waals surface area contributed by atoms with Crippen molar-refractivity contribution in [3.05, 3.63) is 29.8 Å². The number of benzene rings is 1. The molecule has 1 fully saturated rings. The second kappa shape index (κ2) is 8.66. The number of carboxylic acid groups (broad SMARTS) is 1. The molecule has 2 N–H and O–H groups in total.